The molecule has 1 amide bonds. The van der Waals surface area contributed by atoms with E-state index in [9.17, 15) is 14.4 Å². The van der Waals surface area contributed by atoms with Crippen molar-refractivity contribution in [3.63, 3.8) is 0 Å². The van der Waals surface area contributed by atoms with Gasteiger partial charge in [-0.3, -0.25) is 4.79 Å². The second-order valence-corrected chi connectivity index (χ2v) is 7.95. The number of nitrogens with one attached hydrogen (secondary N) is 1. The summed E-state index contributed by atoms with van der Waals surface area (Å²) in [7, 11) is 0. The van der Waals surface area contributed by atoms with Gasteiger partial charge in [0.25, 0.3) is 5.91 Å². The zero-order valence-electron chi connectivity index (χ0n) is 19.7. The molecule has 3 aromatic rings. The molecule has 0 saturated carbocycles. The minimum absolute atomic E-state index is 0.0261. The predicted molar refractivity (Wildman–Crippen MR) is 131 cm³/mol. The molecule has 0 bridgehead atoms. The number of ether oxygens (including phenoxy) is 2. The molecule has 34 heavy (non-hydrogen) atoms. The molecule has 0 atom stereocenters. The molecular formula is C28H27FN2O3. The molecule has 0 aliphatic carbocycles. The van der Waals surface area contributed by atoms with Crippen molar-refractivity contribution in [2.24, 2.45) is 0 Å². The molecule has 0 aliphatic rings. The summed E-state index contributed by atoms with van der Waals surface area (Å²) >= 11 is 0. The minimum Gasteiger partial charge on any atom is -0.490 e. The molecule has 3 rings (SSSR count). The van der Waals surface area contributed by atoms with E-state index in [1.807, 2.05) is 45.9 Å². The fraction of sp³-hybridized carbons (Fsp3) is 0.214. The molecule has 5 nitrogen and oxygen atoms in total. The third kappa shape index (κ3) is 6.23. The first-order valence-electron chi connectivity index (χ1n) is 11.0. The zero-order valence-corrected chi connectivity index (χ0v) is 19.7. The number of rotatable bonds is 8. The molecular weight excluding hydrogens is 431 g/mol. The molecule has 0 heterocycles. The first-order chi connectivity index (χ1) is 16.3. The molecule has 0 aromatic heterocycles. The standard InChI is InChI=1S/C28H27FN2O3/c1-5-33-26-15-22(8-11-25(26)34-17-21-6-9-24(29)10-7-21)14-23(16-30)28(32)31-27-19(3)12-18(2)13-20(27)4/h6-15H,5,17H2,1-4H3,(H,31,32)/b23-14-. The summed E-state index contributed by atoms with van der Waals surface area (Å²) in [5.41, 5.74) is 5.10. The van der Waals surface area contributed by atoms with Crippen LogP contribution in [0.4, 0.5) is 10.1 Å². The van der Waals surface area contributed by atoms with Crippen molar-refractivity contribution in [3.05, 3.63) is 93.8 Å². The van der Waals surface area contributed by atoms with E-state index in [0.29, 0.717) is 29.4 Å². The normalized spacial score (nSPS) is 11.0. The molecule has 6 heteroatoms. The van der Waals surface area contributed by atoms with E-state index in [2.05, 4.69) is 5.32 Å². The average Bonchev–Trinajstić information content (AvgIpc) is 2.80. The van der Waals surface area contributed by atoms with Crippen LogP contribution in [0.3, 0.4) is 0 Å². The molecule has 1 N–H and O–H groups in total. The summed E-state index contributed by atoms with van der Waals surface area (Å²) in [5.74, 6) is 0.213. The lowest BCUT2D eigenvalue weighted by atomic mass is 10.0. The quantitative estimate of drug-likeness (QED) is 0.319. The number of hydrogen-bond acceptors (Lipinski definition) is 4. The molecule has 0 radical (unpaired) electrons. The topological polar surface area (TPSA) is 71.3 Å². The van der Waals surface area contributed by atoms with Gasteiger partial charge in [-0.2, -0.15) is 5.26 Å². The zero-order chi connectivity index (χ0) is 24.7. The maximum Gasteiger partial charge on any atom is 0.266 e. The number of amides is 1. The van der Waals surface area contributed by atoms with Crippen LogP contribution < -0.4 is 14.8 Å². The molecule has 0 spiro atoms. The van der Waals surface area contributed by atoms with Crippen LogP contribution in [0.5, 0.6) is 11.5 Å². The molecule has 0 unspecified atom stereocenters. The van der Waals surface area contributed by atoms with Crippen molar-refractivity contribution < 1.29 is 18.7 Å². The summed E-state index contributed by atoms with van der Waals surface area (Å²) in [6, 6.07) is 17.2. The Morgan fingerprint density at radius 2 is 1.68 bits per heavy atom. The number of aryl methyl sites for hydroxylation is 3. The number of anilines is 1. The number of hydrogen-bond donors (Lipinski definition) is 1. The Morgan fingerprint density at radius 1 is 1.00 bits per heavy atom. The van der Waals surface area contributed by atoms with E-state index in [1.54, 1.807) is 30.3 Å². The van der Waals surface area contributed by atoms with E-state index in [4.69, 9.17) is 9.47 Å². The van der Waals surface area contributed by atoms with Gasteiger partial charge < -0.3 is 14.8 Å². The number of benzene rings is 3. The first kappa shape index (κ1) is 24.5. The maximum absolute atomic E-state index is 13.1. The minimum atomic E-state index is -0.479. The second-order valence-electron chi connectivity index (χ2n) is 7.95. The highest BCUT2D eigenvalue weighted by Crippen LogP contribution is 2.30. The van der Waals surface area contributed by atoms with Crippen molar-refractivity contribution in [2.75, 3.05) is 11.9 Å². The largest absolute Gasteiger partial charge is 0.490 e. The van der Waals surface area contributed by atoms with Crippen LogP contribution in [0, 0.1) is 37.9 Å². The average molecular weight is 459 g/mol. The van der Waals surface area contributed by atoms with Gasteiger partial charge in [-0.1, -0.05) is 35.9 Å². The van der Waals surface area contributed by atoms with Gasteiger partial charge >= 0.3 is 0 Å². The summed E-state index contributed by atoms with van der Waals surface area (Å²) in [5, 5.41) is 12.5. The van der Waals surface area contributed by atoms with Crippen LogP contribution in [0.2, 0.25) is 0 Å². The van der Waals surface area contributed by atoms with Crippen LogP contribution in [0.1, 0.15) is 34.7 Å². The van der Waals surface area contributed by atoms with Gasteiger partial charge in [-0.05, 0) is 80.3 Å². The van der Waals surface area contributed by atoms with Crippen LogP contribution in [0.25, 0.3) is 6.08 Å². The van der Waals surface area contributed by atoms with Crippen molar-refractivity contribution >= 4 is 17.7 Å². The SMILES string of the molecule is CCOc1cc(/C=C(/C#N)C(=O)Nc2c(C)cc(C)cc2C)ccc1OCc1ccc(F)cc1. The van der Waals surface area contributed by atoms with E-state index >= 15 is 0 Å². The van der Waals surface area contributed by atoms with Crippen molar-refractivity contribution in [2.45, 2.75) is 34.3 Å². The van der Waals surface area contributed by atoms with Crippen molar-refractivity contribution in [1.82, 2.24) is 0 Å². The van der Waals surface area contributed by atoms with Gasteiger partial charge in [-0.25, -0.2) is 4.39 Å². The second kappa shape index (κ2) is 11.2. The molecule has 3 aromatic carbocycles. The third-order valence-corrected chi connectivity index (χ3v) is 5.17. The Labute approximate surface area is 199 Å². The predicted octanol–water partition coefficient (Wildman–Crippen LogP) is 6.27. The van der Waals surface area contributed by atoms with E-state index in [0.717, 1.165) is 22.3 Å². The van der Waals surface area contributed by atoms with Gasteiger partial charge in [0.05, 0.1) is 6.61 Å². The first-order valence-corrected chi connectivity index (χ1v) is 11.0. The lowest BCUT2D eigenvalue weighted by molar-refractivity contribution is -0.112. The number of carbonyl (C=O) groups excluding carboxylic acids is 1. The Kier molecular flexibility index (Phi) is 8.05. The van der Waals surface area contributed by atoms with E-state index in [1.165, 1.54) is 18.2 Å². The number of nitriles is 1. The smallest absolute Gasteiger partial charge is 0.266 e. The number of carbonyl (C=O) groups is 1. The van der Waals surface area contributed by atoms with Crippen LogP contribution in [0.15, 0.2) is 60.2 Å². The summed E-state index contributed by atoms with van der Waals surface area (Å²) < 4.78 is 24.7. The Morgan fingerprint density at radius 3 is 2.29 bits per heavy atom. The summed E-state index contributed by atoms with van der Waals surface area (Å²) in [4.78, 5) is 12.8. The number of nitrogens with zero attached hydrogens (tertiary/aromatic N) is 1. The van der Waals surface area contributed by atoms with Crippen molar-refractivity contribution in [3.8, 4) is 17.6 Å². The van der Waals surface area contributed by atoms with Gasteiger partial charge in [0, 0.05) is 5.69 Å². The lowest BCUT2D eigenvalue weighted by Crippen LogP contribution is -2.15. The Hall–Kier alpha value is -4.11. The molecule has 0 saturated heterocycles. The van der Waals surface area contributed by atoms with Crippen LogP contribution in [-0.2, 0) is 11.4 Å². The highest BCUT2D eigenvalue weighted by atomic mass is 19.1. The van der Waals surface area contributed by atoms with Crippen molar-refractivity contribution in [1.29, 1.82) is 5.26 Å². The van der Waals surface area contributed by atoms with E-state index < -0.39 is 5.91 Å². The van der Waals surface area contributed by atoms with Crippen LogP contribution in [-0.4, -0.2) is 12.5 Å². The monoisotopic (exact) mass is 458 g/mol. The van der Waals surface area contributed by atoms with Gasteiger partial charge in [-0.15, -0.1) is 0 Å². The van der Waals surface area contributed by atoms with Gasteiger partial charge in [0.2, 0.25) is 0 Å². The van der Waals surface area contributed by atoms with Crippen LogP contribution >= 0.6 is 0 Å². The summed E-state index contributed by atoms with van der Waals surface area (Å²) in [6.07, 6.45) is 1.51. The van der Waals surface area contributed by atoms with Gasteiger partial charge in [0.15, 0.2) is 11.5 Å². The lowest BCUT2D eigenvalue weighted by Gasteiger charge is -2.14. The highest BCUT2D eigenvalue weighted by Gasteiger charge is 2.14. The molecule has 0 fully saturated rings. The van der Waals surface area contributed by atoms with Gasteiger partial charge in [0.1, 0.15) is 24.1 Å². The highest BCUT2D eigenvalue weighted by molar-refractivity contribution is 6.10. The maximum atomic E-state index is 13.1. The Balaban J connectivity index is 1.81. The van der Waals surface area contributed by atoms with E-state index in [-0.39, 0.29) is 18.0 Å². The third-order valence-electron chi connectivity index (χ3n) is 5.17. The fourth-order valence-corrected chi connectivity index (χ4v) is 3.62. The molecule has 0 aliphatic heterocycles. The summed E-state index contributed by atoms with van der Waals surface area (Å²) in [6.45, 7) is 8.35. The number of halogens is 1. The molecule has 174 valence electrons. The Bertz CT molecular complexity index is 1230. The fourth-order valence-electron chi connectivity index (χ4n) is 3.62.